The zero-order valence-electron chi connectivity index (χ0n) is 23.6. The highest BCUT2D eigenvalue weighted by Gasteiger charge is 2.29. The number of amides is 2. The van der Waals surface area contributed by atoms with Crippen molar-refractivity contribution in [3.05, 3.63) is 85.8 Å². The van der Waals surface area contributed by atoms with E-state index in [2.05, 4.69) is 22.0 Å². The molecule has 4 rings (SSSR count). The molecule has 0 N–H and O–H groups in total. The third-order valence-corrected chi connectivity index (χ3v) is 7.01. The Kier molecular flexibility index (Phi) is 9.00. The standard InChI is InChI=1S/C31H34BrClN2O5/c1-19-7-10-26(20(2)13-19)39-27-16-24(33)9-8-21(27)17-34(6)29(36)25-15-23(32)14-22-18-35(11-12-38-28(22)25)30(37)40-31(3,4)5/h7-10,13-16H,11-12,17-18H2,1-6H3. The lowest BCUT2D eigenvalue weighted by atomic mass is 10.1. The minimum absolute atomic E-state index is 0.226. The van der Waals surface area contributed by atoms with Gasteiger partial charge >= 0.3 is 6.09 Å². The van der Waals surface area contributed by atoms with Gasteiger partial charge in [-0.25, -0.2) is 4.79 Å². The minimum atomic E-state index is -0.615. The van der Waals surface area contributed by atoms with Gasteiger partial charge in [0.05, 0.1) is 18.7 Å². The summed E-state index contributed by atoms with van der Waals surface area (Å²) in [5, 5.41) is 0.540. The quantitative estimate of drug-likeness (QED) is 0.287. The van der Waals surface area contributed by atoms with Crippen LogP contribution in [0.2, 0.25) is 5.02 Å². The van der Waals surface area contributed by atoms with Crippen LogP contribution >= 0.6 is 27.5 Å². The Bertz CT molecular complexity index is 1440. The molecule has 0 saturated heterocycles. The van der Waals surface area contributed by atoms with Gasteiger partial charge in [0, 0.05) is 34.2 Å². The number of hydrogen-bond donors (Lipinski definition) is 0. The van der Waals surface area contributed by atoms with E-state index in [0.29, 0.717) is 33.1 Å². The number of nitrogens with zero attached hydrogens (tertiary/aromatic N) is 2. The number of fused-ring (bicyclic) bond motifs is 1. The summed E-state index contributed by atoms with van der Waals surface area (Å²) in [7, 11) is 1.73. The summed E-state index contributed by atoms with van der Waals surface area (Å²) < 4.78 is 18.6. The maximum absolute atomic E-state index is 13.8. The number of halogens is 2. The van der Waals surface area contributed by atoms with Crippen molar-refractivity contribution in [3.63, 3.8) is 0 Å². The number of ether oxygens (including phenoxy) is 3. The van der Waals surface area contributed by atoms with Crippen LogP contribution in [0.1, 0.15) is 53.4 Å². The van der Waals surface area contributed by atoms with Gasteiger partial charge in [0.15, 0.2) is 0 Å². The number of benzene rings is 3. The first kappa shape index (κ1) is 29.7. The molecule has 0 radical (unpaired) electrons. The maximum atomic E-state index is 13.8. The van der Waals surface area contributed by atoms with E-state index in [9.17, 15) is 9.59 Å². The van der Waals surface area contributed by atoms with Crippen LogP contribution in [-0.2, 0) is 17.8 Å². The molecule has 0 bridgehead atoms. The van der Waals surface area contributed by atoms with E-state index in [-0.39, 0.29) is 25.6 Å². The zero-order chi connectivity index (χ0) is 29.2. The molecule has 1 aliphatic heterocycles. The van der Waals surface area contributed by atoms with Crippen molar-refractivity contribution in [2.24, 2.45) is 0 Å². The molecule has 212 valence electrons. The van der Waals surface area contributed by atoms with E-state index in [1.54, 1.807) is 35.0 Å². The van der Waals surface area contributed by atoms with Crippen LogP contribution in [-0.4, -0.2) is 47.6 Å². The SMILES string of the molecule is Cc1ccc(Oc2cc(Cl)ccc2CN(C)C(=O)c2cc(Br)cc3c2OCCN(C(=O)OC(C)(C)C)C3)c(C)c1. The molecule has 0 aliphatic carbocycles. The number of hydrogen-bond acceptors (Lipinski definition) is 5. The normalized spacial score (nSPS) is 13.2. The van der Waals surface area contributed by atoms with Gasteiger partial charge in [-0.3, -0.25) is 4.79 Å². The molecule has 0 unspecified atom stereocenters. The van der Waals surface area contributed by atoms with E-state index < -0.39 is 11.7 Å². The van der Waals surface area contributed by atoms with E-state index in [4.69, 9.17) is 25.8 Å². The second-order valence-electron chi connectivity index (χ2n) is 11.0. The van der Waals surface area contributed by atoms with Gasteiger partial charge in [0.1, 0.15) is 29.5 Å². The van der Waals surface area contributed by atoms with Gasteiger partial charge in [-0.15, -0.1) is 0 Å². The molecule has 3 aromatic rings. The average Bonchev–Trinajstić information content (AvgIpc) is 3.08. The third kappa shape index (κ3) is 7.29. The molecule has 0 atom stereocenters. The lowest BCUT2D eigenvalue weighted by Crippen LogP contribution is -2.37. The fraction of sp³-hybridized carbons (Fsp3) is 0.355. The highest BCUT2D eigenvalue weighted by Crippen LogP contribution is 2.35. The topological polar surface area (TPSA) is 68.3 Å². The molecule has 3 aromatic carbocycles. The molecule has 2 amide bonds. The Hall–Kier alpha value is -3.23. The number of carbonyl (C=O) groups excluding carboxylic acids is 2. The Morgan fingerprint density at radius 2 is 1.82 bits per heavy atom. The summed E-state index contributed by atoms with van der Waals surface area (Å²) >= 11 is 9.84. The van der Waals surface area contributed by atoms with Crippen molar-refractivity contribution in [2.45, 2.75) is 53.3 Å². The first-order valence-electron chi connectivity index (χ1n) is 13.0. The van der Waals surface area contributed by atoms with Crippen LogP contribution in [0, 0.1) is 13.8 Å². The molecule has 0 spiro atoms. The van der Waals surface area contributed by atoms with Crippen LogP contribution in [0.3, 0.4) is 0 Å². The van der Waals surface area contributed by atoms with Gasteiger partial charge in [0.2, 0.25) is 0 Å². The smallest absolute Gasteiger partial charge is 0.410 e. The predicted octanol–water partition coefficient (Wildman–Crippen LogP) is 7.91. The highest BCUT2D eigenvalue weighted by molar-refractivity contribution is 9.10. The molecule has 1 heterocycles. The maximum Gasteiger partial charge on any atom is 0.410 e. The molecular weight excluding hydrogens is 596 g/mol. The van der Waals surface area contributed by atoms with Crippen LogP contribution in [0.5, 0.6) is 17.2 Å². The van der Waals surface area contributed by atoms with Crippen molar-refractivity contribution in [1.29, 1.82) is 0 Å². The Morgan fingerprint density at radius 3 is 2.52 bits per heavy atom. The Morgan fingerprint density at radius 1 is 1.07 bits per heavy atom. The molecule has 9 heteroatoms. The van der Waals surface area contributed by atoms with Crippen LogP contribution in [0.15, 0.2) is 53.0 Å². The van der Waals surface area contributed by atoms with Crippen molar-refractivity contribution in [1.82, 2.24) is 9.80 Å². The van der Waals surface area contributed by atoms with Gasteiger partial charge in [-0.2, -0.15) is 0 Å². The third-order valence-electron chi connectivity index (χ3n) is 6.32. The highest BCUT2D eigenvalue weighted by atomic mass is 79.9. The second kappa shape index (κ2) is 12.1. The first-order valence-corrected chi connectivity index (χ1v) is 14.2. The van der Waals surface area contributed by atoms with Gasteiger partial charge < -0.3 is 24.0 Å². The summed E-state index contributed by atoms with van der Waals surface area (Å²) in [6, 6.07) is 15.0. The largest absolute Gasteiger partial charge is 0.491 e. The van der Waals surface area contributed by atoms with Crippen molar-refractivity contribution in [2.75, 3.05) is 20.2 Å². The van der Waals surface area contributed by atoms with Crippen molar-refractivity contribution in [3.8, 4) is 17.2 Å². The van der Waals surface area contributed by atoms with Crippen molar-refractivity contribution >= 4 is 39.5 Å². The van der Waals surface area contributed by atoms with Gasteiger partial charge in [0.25, 0.3) is 5.91 Å². The second-order valence-corrected chi connectivity index (χ2v) is 12.3. The fourth-order valence-corrected chi connectivity index (χ4v) is 5.11. The molecule has 0 saturated carbocycles. The predicted molar refractivity (Wildman–Crippen MR) is 160 cm³/mol. The van der Waals surface area contributed by atoms with Crippen LogP contribution < -0.4 is 9.47 Å². The van der Waals surface area contributed by atoms with Gasteiger partial charge in [-0.1, -0.05) is 51.3 Å². The summed E-state index contributed by atoms with van der Waals surface area (Å²) in [6.45, 7) is 10.6. The number of rotatable bonds is 5. The van der Waals surface area contributed by atoms with E-state index in [1.807, 2.05) is 58.9 Å². The average molecular weight is 630 g/mol. The van der Waals surface area contributed by atoms with E-state index >= 15 is 0 Å². The van der Waals surface area contributed by atoms with Gasteiger partial charge in [-0.05, 0) is 70.5 Å². The number of aryl methyl sites for hydroxylation is 2. The monoisotopic (exact) mass is 628 g/mol. The molecule has 40 heavy (non-hydrogen) atoms. The Balaban J connectivity index is 1.58. The molecule has 1 aliphatic rings. The van der Waals surface area contributed by atoms with Crippen LogP contribution in [0.25, 0.3) is 0 Å². The molecule has 0 fully saturated rings. The lowest BCUT2D eigenvalue weighted by molar-refractivity contribution is 0.0225. The molecule has 0 aromatic heterocycles. The zero-order valence-corrected chi connectivity index (χ0v) is 26.0. The summed E-state index contributed by atoms with van der Waals surface area (Å²) in [5.41, 5.74) is 3.47. The van der Waals surface area contributed by atoms with Crippen molar-refractivity contribution < 1.29 is 23.8 Å². The lowest BCUT2D eigenvalue weighted by Gasteiger charge is -2.26. The Labute approximate surface area is 249 Å². The summed E-state index contributed by atoms with van der Waals surface area (Å²) in [4.78, 5) is 29.7. The summed E-state index contributed by atoms with van der Waals surface area (Å²) in [6.07, 6.45) is -0.423. The first-order chi connectivity index (χ1) is 18.8. The van der Waals surface area contributed by atoms with E-state index in [0.717, 1.165) is 28.0 Å². The van der Waals surface area contributed by atoms with Crippen LogP contribution in [0.4, 0.5) is 4.79 Å². The molecular formula is C31H34BrClN2O5. The number of carbonyl (C=O) groups is 2. The molecule has 7 nitrogen and oxygen atoms in total. The van der Waals surface area contributed by atoms with E-state index in [1.165, 1.54) is 0 Å². The summed E-state index contributed by atoms with van der Waals surface area (Å²) in [5.74, 6) is 1.55. The minimum Gasteiger partial charge on any atom is -0.491 e. The fourth-order valence-electron chi connectivity index (χ4n) is 4.44.